The Morgan fingerprint density at radius 2 is 2.05 bits per heavy atom. The molecule has 20 heavy (non-hydrogen) atoms. The highest BCUT2D eigenvalue weighted by Gasteiger charge is 2.27. The lowest BCUT2D eigenvalue weighted by molar-refractivity contribution is 0.0184. The standard InChI is InChI=1S/C15H25N3O2/c1-5-12-6-11-18(16-12)13-7-9-17(10-8-13)14(19)20-15(2,3)4/h6,11,13H,5,7-10H2,1-4H3. The van der Waals surface area contributed by atoms with Crippen molar-refractivity contribution in [2.24, 2.45) is 0 Å². The number of aromatic nitrogens is 2. The first-order chi connectivity index (χ1) is 9.39. The van der Waals surface area contributed by atoms with Crippen LogP contribution in [0.3, 0.4) is 0 Å². The summed E-state index contributed by atoms with van der Waals surface area (Å²) in [5, 5.41) is 4.56. The van der Waals surface area contributed by atoms with E-state index in [4.69, 9.17) is 4.74 Å². The number of carbonyl (C=O) groups excluding carboxylic acids is 1. The molecule has 2 rings (SSSR count). The Morgan fingerprint density at radius 1 is 1.40 bits per heavy atom. The van der Waals surface area contributed by atoms with Crippen LogP contribution in [0, 0.1) is 0 Å². The van der Waals surface area contributed by atoms with E-state index >= 15 is 0 Å². The van der Waals surface area contributed by atoms with Crippen LogP contribution in [0.15, 0.2) is 12.3 Å². The topological polar surface area (TPSA) is 47.4 Å². The first kappa shape index (κ1) is 14.9. The van der Waals surface area contributed by atoms with Gasteiger partial charge in [0.05, 0.1) is 11.7 Å². The van der Waals surface area contributed by atoms with Gasteiger partial charge in [0.2, 0.25) is 0 Å². The van der Waals surface area contributed by atoms with Crippen molar-refractivity contribution in [3.05, 3.63) is 18.0 Å². The van der Waals surface area contributed by atoms with Gasteiger partial charge in [0.25, 0.3) is 0 Å². The lowest BCUT2D eigenvalue weighted by Gasteiger charge is -2.33. The second kappa shape index (κ2) is 5.85. The third-order valence-electron chi connectivity index (χ3n) is 3.52. The van der Waals surface area contributed by atoms with Crippen LogP contribution < -0.4 is 0 Å². The molecule has 0 N–H and O–H groups in total. The third kappa shape index (κ3) is 3.74. The number of aryl methyl sites for hydroxylation is 1. The number of nitrogens with zero attached hydrogens (tertiary/aromatic N) is 3. The average Bonchev–Trinajstić information content (AvgIpc) is 2.85. The van der Waals surface area contributed by atoms with Crippen LogP contribution in [-0.2, 0) is 11.2 Å². The number of ether oxygens (including phenoxy) is 1. The van der Waals surface area contributed by atoms with E-state index in [1.165, 1.54) is 0 Å². The van der Waals surface area contributed by atoms with E-state index in [9.17, 15) is 4.79 Å². The zero-order chi connectivity index (χ0) is 14.8. The molecule has 0 saturated carbocycles. The lowest BCUT2D eigenvalue weighted by Crippen LogP contribution is -2.42. The zero-order valence-electron chi connectivity index (χ0n) is 12.9. The van der Waals surface area contributed by atoms with Gasteiger partial charge in [-0.3, -0.25) is 4.68 Å². The molecule has 0 aromatic carbocycles. The summed E-state index contributed by atoms with van der Waals surface area (Å²) in [7, 11) is 0. The fourth-order valence-electron chi connectivity index (χ4n) is 2.41. The summed E-state index contributed by atoms with van der Waals surface area (Å²) in [5.41, 5.74) is 0.700. The highest BCUT2D eigenvalue weighted by molar-refractivity contribution is 5.68. The molecule has 0 radical (unpaired) electrons. The number of piperidine rings is 1. The molecule has 1 aromatic rings. The summed E-state index contributed by atoms with van der Waals surface area (Å²) < 4.78 is 7.45. The van der Waals surface area contributed by atoms with Gasteiger partial charge in [-0.25, -0.2) is 4.79 Å². The fraction of sp³-hybridized carbons (Fsp3) is 0.733. The normalized spacial score (nSPS) is 17.3. The zero-order valence-corrected chi connectivity index (χ0v) is 12.9. The highest BCUT2D eigenvalue weighted by Crippen LogP contribution is 2.23. The average molecular weight is 279 g/mol. The molecule has 2 heterocycles. The van der Waals surface area contributed by atoms with Gasteiger partial charge in [-0.05, 0) is 46.1 Å². The second-order valence-corrected chi connectivity index (χ2v) is 6.34. The molecule has 112 valence electrons. The first-order valence-electron chi connectivity index (χ1n) is 7.41. The third-order valence-corrected chi connectivity index (χ3v) is 3.52. The number of hydrogen-bond acceptors (Lipinski definition) is 3. The predicted octanol–water partition coefficient (Wildman–Crippen LogP) is 3.02. The van der Waals surface area contributed by atoms with Crippen molar-refractivity contribution in [1.29, 1.82) is 0 Å². The molecule has 0 atom stereocenters. The summed E-state index contributed by atoms with van der Waals surface area (Å²) in [6, 6.07) is 2.47. The Balaban J connectivity index is 1.87. The van der Waals surface area contributed by atoms with Gasteiger partial charge in [-0.15, -0.1) is 0 Å². The molecule has 1 amide bonds. The van der Waals surface area contributed by atoms with Crippen molar-refractivity contribution < 1.29 is 9.53 Å². The van der Waals surface area contributed by atoms with E-state index in [1.807, 2.05) is 31.6 Å². The summed E-state index contributed by atoms with van der Waals surface area (Å²) in [6.07, 6.45) is 4.68. The first-order valence-corrected chi connectivity index (χ1v) is 7.41. The molecule has 5 nitrogen and oxygen atoms in total. The number of amides is 1. The maximum absolute atomic E-state index is 12.0. The van der Waals surface area contributed by atoms with Gasteiger partial charge in [0.15, 0.2) is 0 Å². The molecule has 1 aliphatic heterocycles. The molecule has 1 fully saturated rings. The molecule has 1 saturated heterocycles. The van der Waals surface area contributed by atoms with Crippen molar-refractivity contribution in [3.8, 4) is 0 Å². The molecule has 0 unspecified atom stereocenters. The SMILES string of the molecule is CCc1ccn(C2CCN(C(=O)OC(C)(C)C)CC2)n1. The minimum absolute atomic E-state index is 0.203. The number of carbonyl (C=O) groups is 1. The van der Waals surface area contributed by atoms with E-state index in [1.54, 1.807) is 4.90 Å². The maximum atomic E-state index is 12.0. The smallest absolute Gasteiger partial charge is 0.410 e. The molecule has 5 heteroatoms. The van der Waals surface area contributed by atoms with Crippen LogP contribution in [0.1, 0.15) is 52.3 Å². The van der Waals surface area contributed by atoms with Gasteiger partial charge in [0.1, 0.15) is 5.60 Å². The van der Waals surface area contributed by atoms with Gasteiger partial charge < -0.3 is 9.64 Å². The van der Waals surface area contributed by atoms with Crippen molar-refractivity contribution in [2.45, 2.75) is 58.6 Å². The van der Waals surface area contributed by atoms with Crippen LogP contribution in [0.5, 0.6) is 0 Å². The molecule has 0 spiro atoms. The fourth-order valence-corrected chi connectivity index (χ4v) is 2.41. The Hall–Kier alpha value is -1.52. The summed E-state index contributed by atoms with van der Waals surface area (Å²) >= 11 is 0. The summed E-state index contributed by atoms with van der Waals surface area (Å²) in [4.78, 5) is 13.8. The van der Waals surface area contributed by atoms with Crippen molar-refractivity contribution in [3.63, 3.8) is 0 Å². The van der Waals surface area contributed by atoms with E-state index < -0.39 is 5.60 Å². The van der Waals surface area contributed by atoms with Crippen molar-refractivity contribution >= 4 is 6.09 Å². The van der Waals surface area contributed by atoms with Gasteiger partial charge >= 0.3 is 6.09 Å². The largest absolute Gasteiger partial charge is 0.444 e. The second-order valence-electron chi connectivity index (χ2n) is 6.34. The van der Waals surface area contributed by atoms with E-state index in [2.05, 4.69) is 18.1 Å². The summed E-state index contributed by atoms with van der Waals surface area (Å²) in [5.74, 6) is 0. The minimum atomic E-state index is -0.425. The molecule has 1 aliphatic rings. The minimum Gasteiger partial charge on any atom is -0.444 e. The number of likely N-dealkylation sites (tertiary alicyclic amines) is 1. The van der Waals surface area contributed by atoms with Gasteiger partial charge in [-0.2, -0.15) is 5.10 Å². The quantitative estimate of drug-likeness (QED) is 0.836. The monoisotopic (exact) mass is 279 g/mol. The Bertz CT molecular complexity index is 454. The Morgan fingerprint density at radius 3 is 2.55 bits per heavy atom. The number of rotatable bonds is 2. The maximum Gasteiger partial charge on any atom is 0.410 e. The van der Waals surface area contributed by atoms with Crippen molar-refractivity contribution in [1.82, 2.24) is 14.7 Å². The molecular formula is C15H25N3O2. The molecule has 0 aliphatic carbocycles. The van der Waals surface area contributed by atoms with Crippen LogP contribution >= 0.6 is 0 Å². The van der Waals surface area contributed by atoms with Crippen LogP contribution in [0.25, 0.3) is 0 Å². The lowest BCUT2D eigenvalue weighted by atomic mass is 10.1. The van der Waals surface area contributed by atoms with Crippen LogP contribution in [0.2, 0.25) is 0 Å². The van der Waals surface area contributed by atoms with E-state index in [-0.39, 0.29) is 6.09 Å². The highest BCUT2D eigenvalue weighted by atomic mass is 16.6. The van der Waals surface area contributed by atoms with Gasteiger partial charge in [0, 0.05) is 19.3 Å². The molecular weight excluding hydrogens is 254 g/mol. The number of hydrogen-bond donors (Lipinski definition) is 0. The van der Waals surface area contributed by atoms with Crippen LogP contribution in [-0.4, -0.2) is 39.5 Å². The predicted molar refractivity (Wildman–Crippen MR) is 77.7 cm³/mol. The molecule has 0 bridgehead atoms. The van der Waals surface area contributed by atoms with Crippen LogP contribution in [0.4, 0.5) is 4.79 Å². The molecule has 1 aromatic heterocycles. The summed E-state index contributed by atoms with van der Waals surface area (Å²) in [6.45, 7) is 9.27. The van der Waals surface area contributed by atoms with Crippen molar-refractivity contribution in [2.75, 3.05) is 13.1 Å². The van der Waals surface area contributed by atoms with E-state index in [0.717, 1.165) is 38.0 Å². The van der Waals surface area contributed by atoms with E-state index in [0.29, 0.717) is 6.04 Å². The Kier molecular flexibility index (Phi) is 4.35. The Labute approximate surface area is 120 Å². The van der Waals surface area contributed by atoms with Gasteiger partial charge in [-0.1, -0.05) is 6.92 Å².